The van der Waals surface area contributed by atoms with Crippen LogP contribution in [0.3, 0.4) is 0 Å². The molecule has 4 rings (SSSR count). The van der Waals surface area contributed by atoms with Gasteiger partial charge in [-0.2, -0.15) is 0 Å². The van der Waals surface area contributed by atoms with E-state index in [1.807, 2.05) is 12.1 Å². The van der Waals surface area contributed by atoms with E-state index in [9.17, 15) is 4.79 Å². The van der Waals surface area contributed by atoms with E-state index in [1.54, 1.807) is 0 Å². The number of likely N-dealkylation sites (N-methyl/N-ethyl adjacent to an activating group) is 1. The monoisotopic (exact) mass is 322 g/mol. The Morgan fingerprint density at radius 2 is 1.79 bits per heavy atom. The van der Waals surface area contributed by atoms with Crippen LogP contribution in [0.15, 0.2) is 47.3 Å². The van der Waals surface area contributed by atoms with Crippen LogP contribution in [0.25, 0.3) is 22.2 Å². The number of aromatic nitrogens is 2. The standard InChI is InChI=1S/C19H22N4O/c1-22-8-10-23(11-9-22)13-14-4-2-5-15(12-14)16-6-3-7-17-18(16)21-19(24)20-17/h2-7,12H,8-11,13H2,1H3,(H2,20,21,24). The molecule has 2 N–H and O–H groups in total. The molecule has 2 heterocycles. The molecule has 1 aliphatic rings. The number of rotatable bonds is 3. The predicted octanol–water partition coefficient (Wildman–Crippen LogP) is 2.27. The lowest BCUT2D eigenvalue weighted by atomic mass is 10.0. The van der Waals surface area contributed by atoms with Crippen LogP contribution >= 0.6 is 0 Å². The number of hydrogen-bond donors (Lipinski definition) is 2. The Labute approximate surface area is 140 Å². The Kier molecular flexibility index (Phi) is 3.96. The van der Waals surface area contributed by atoms with Crippen molar-refractivity contribution in [3.8, 4) is 11.1 Å². The average molecular weight is 322 g/mol. The Bertz CT molecular complexity index is 903. The lowest BCUT2D eigenvalue weighted by Gasteiger charge is -2.32. The molecule has 1 aliphatic heterocycles. The second-order valence-corrected chi connectivity index (χ2v) is 6.59. The summed E-state index contributed by atoms with van der Waals surface area (Å²) in [6, 6.07) is 14.6. The van der Waals surface area contributed by atoms with Crippen molar-refractivity contribution in [1.82, 2.24) is 19.8 Å². The van der Waals surface area contributed by atoms with Crippen molar-refractivity contribution in [2.75, 3.05) is 33.2 Å². The zero-order chi connectivity index (χ0) is 16.5. The van der Waals surface area contributed by atoms with Crippen molar-refractivity contribution < 1.29 is 0 Å². The molecule has 1 fully saturated rings. The van der Waals surface area contributed by atoms with Gasteiger partial charge in [0.1, 0.15) is 0 Å². The van der Waals surface area contributed by atoms with Crippen LogP contribution in [-0.2, 0) is 6.54 Å². The van der Waals surface area contributed by atoms with Gasteiger partial charge in [0, 0.05) is 38.3 Å². The normalized spacial score (nSPS) is 16.7. The summed E-state index contributed by atoms with van der Waals surface area (Å²) in [4.78, 5) is 22.2. The lowest BCUT2D eigenvalue weighted by Crippen LogP contribution is -2.43. The molecule has 0 amide bonds. The Morgan fingerprint density at radius 1 is 1.00 bits per heavy atom. The molecule has 0 atom stereocenters. The predicted molar refractivity (Wildman–Crippen MR) is 97.1 cm³/mol. The molecule has 5 heteroatoms. The number of H-pyrrole nitrogens is 2. The maximum absolute atomic E-state index is 11.6. The van der Waals surface area contributed by atoms with Crippen LogP contribution in [-0.4, -0.2) is 53.0 Å². The molecule has 0 unspecified atom stereocenters. The van der Waals surface area contributed by atoms with Gasteiger partial charge in [-0.05, 0) is 30.3 Å². The second kappa shape index (κ2) is 6.26. The highest BCUT2D eigenvalue weighted by atomic mass is 16.1. The van der Waals surface area contributed by atoms with Gasteiger partial charge in [-0.15, -0.1) is 0 Å². The fourth-order valence-electron chi connectivity index (χ4n) is 3.40. The minimum absolute atomic E-state index is 0.161. The summed E-state index contributed by atoms with van der Waals surface area (Å²) in [7, 11) is 2.18. The van der Waals surface area contributed by atoms with Crippen LogP contribution in [0.1, 0.15) is 5.56 Å². The summed E-state index contributed by atoms with van der Waals surface area (Å²) in [5, 5.41) is 0. The van der Waals surface area contributed by atoms with Gasteiger partial charge in [0.15, 0.2) is 0 Å². The summed E-state index contributed by atoms with van der Waals surface area (Å²) in [5.41, 5.74) is 5.08. The molecule has 0 bridgehead atoms. The highest BCUT2D eigenvalue weighted by Gasteiger charge is 2.14. The van der Waals surface area contributed by atoms with E-state index >= 15 is 0 Å². The number of benzene rings is 2. The highest BCUT2D eigenvalue weighted by molar-refractivity contribution is 5.91. The first-order valence-corrected chi connectivity index (χ1v) is 8.40. The van der Waals surface area contributed by atoms with Gasteiger partial charge < -0.3 is 14.9 Å². The minimum Gasteiger partial charge on any atom is -0.306 e. The maximum Gasteiger partial charge on any atom is 0.323 e. The van der Waals surface area contributed by atoms with Gasteiger partial charge >= 0.3 is 5.69 Å². The highest BCUT2D eigenvalue weighted by Crippen LogP contribution is 2.26. The first kappa shape index (κ1) is 15.2. The third kappa shape index (κ3) is 3.00. The number of nitrogens with one attached hydrogen (secondary N) is 2. The molecule has 0 aliphatic carbocycles. The number of para-hydroxylation sites is 1. The van der Waals surface area contributed by atoms with Gasteiger partial charge in [-0.1, -0.05) is 30.3 Å². The van der Waals surface area contributed by atoms with Crippen molar-refractivity contribution in [3.63, 3.8) is 0 Å². The quantitative estimate of drug-likeness (QED) is 0.778. The summed E-state index contributed by atoms with van der Waals surface area (Å²) in [6.07, 6.45) is 0. The zero-order valence-corrected chi connectivity index (χ0v) is 13.9. The van der Waals surface area contributed by atoms with E-state index in [0.717, 1.165) is 54.9 Å². The fraction of sp³-hybridized carbons (Fsp3) is 0.316. The molecule has 1 saturated heterocycles. The number of nitrogens with zero attached hydrogens (tertiary/aromatic N) is 2. The van der Waals surface area contributed by atoms with Crippen LogP contribution in [0.4, 0.5) is 0 Å². The topological polar surface area (TPSA) is 55.1 Å². The first-order valence-electron chi connectivity index (χ1n) is 8.40. The second-order valence-electron chi connectivity index (χ2n) is 6.59. The molecule has 0 radical (unpaired) electrons. The van der Waals surface area contributed by atoms with E-state index < -0.39 is 0 Å². The van der Waals surface area contributed by atoms with Gasteiger partial charge in [-0.25, -0.2) is 4.79 Å². The third-order valence-corrected chi connectivity index (χ3v) is 4.79. The fourth-order valence-corrected chi connectivity index (χ4v) is 3.40. The summed E-state index contributed by atoms with van der Waals surface area (Å²) < 4.78 is 0. The van der Waals surface area contributed by atoms with E-state index in [-0.39, 0.29) is 5.69 Å². The molecule has 0 spiro atoms. The van der Waals surface area contributed by atoms with Crippen molar-refractivity contribution in [1.29, 1.82) is 0 Å². The number of imidazole rings is 1. The number of aromatic amines is 2. The zero-order valence-electron chi connectivity index (χ0n) is 13.9. The summed E-state index contributed by atoms with van der Waals surface area (Å²) in [5.74, 6) is 0. The van der Waals surface area contributed by atoms with Crippen molar-refractivity contribution in [2.45, 2.75) is 6.54 Å². The number of fused-ring (bicyclic) bond motifs is 1. The maximum atomic E-state index is 11.6. The molecule has 0 saturated carbocycles. The third-order valence-electron chi connectivity index (χ3n) is 4.79. The van der Waals surface area contributed by atoms with Crippen LogP contribution < -0.4 is 5.69 Å². The molecule has 124 valence electrons. The van der Waals surface area contributed by atoms with Gasteiger partial charge in [-0.3, -0.25) is 4.90 Å². The van der Waals surface area contributed by atoms with Crippen LogP contribution in [0.2, 0.25) is 0 Å². The van der Waals surface area contributed by atoms with Gasteiger partial charge in [0.05, 0.1) is 11.0 Å². The first-order chi connectivity index (χ1) is 11.7. The van der Waals surface area contributed by atoms with Gasteiger partial charge in [0.25, 0.3) is 0 Å². The van der Waals surface area contributed by atoms with Crippen LogP contribution in [0.5, 0.6) is 0 Å². The smallest absolute Gasteiger partial charge is 0.306 e. The molecule has 1 aromatic heterocycles. The van der Waals surface area contributed by atoms with E-state index in [4.69, 9.17) is 0 Å². The van der Waals surface area contributed by atoms with Crippen molar-refractivity contribution in [3.05, 3.63) is 58.5 Å². The van der Waals surface area contributed by atoms with Crippen molar-refractivity contribution in [2.24, 2.45) is 0 Å². The minimum atomic E-state index is -0.161. The summed E-state index contributed by atoms with van der Waals surface area (Å²) >= 11 is 0. The van der Waals surface area contributed by atoms with Crippen LogP contribution in [0, 0.1) is 0 Å². The molecular formula is C19H22N4O. The lowest BCUT2D eigenvalue weighted by molar-refractivity contribution is 0.148. The Morgan fingerprint density at radius 3 is 2.62 bits per heavy atom. The SMILES string of the molecule is CN1CCN(Cc2cccc(-c3cccc4[nH]c(=O)[nH]c34)c2)CC1. The molecule has 5 nitrogen and oxygen atoms in total. The van der Waals surface area contributed by atoms with E-state index in [0.29, 0.717) is 0 Å². The molecule has 2 aromatic carbocycles. The molecular weight excluding hydrogens is 300 g/mol. The largest absolute Gasteiger partial charge is 0.323 e. The Hall–Kier alpha value is -2.37. The summed E-state index contributed by atoms with van der Waals surface area (Å²) in [6.45, 7) is 5.46. The Balaban J connectivity index is 1.63. The van der Waals surface area contributed by atoms with Crippen molar-refractivity contribution >= 4 is 11.0 Å². The number of piperazine rings is 1. The number of hydrogen-bond acceptors (Lipinski definition) is 3. The molecule has 3 aromatic rings. The van der Waals surface area contributed by atoms with Gasteiger partial charge in [0.2, 0.25) is 0 Å². The molecule has 24 heavy (non-hydrogen) atoms. The van der Waals surface area contributed by atoms with E-state index in [2.05, 4.69) is 57.1 Å². The average Bonchev–Trinajstić information content (AvgIpc) is 2.97. The van der Waals surface area contributed by atoms with E-state index in [1.165, 1.54) is 5.56 Å².